The molecule has 2 aromatic carbocycles. The number of hydrogen-bond donors (Lipinski definition) is 0. The van der Waals surface area contributed by atoms with Crippen molar-refractivity contribution < 1.29 is 4.42 Å². The Morgan fingerprint density at radius 3 is 2.62 bits per heavy atom. The van der Waals surface area contributed by atoms with Crippen molar-refractivity contribution in [3.8, 4) is 11.5 Å². The highest BCUT2D eigenvalue weighted by Gasteiger charge is 2.14. The summed E-state index contributed by atoms with van der Waals surface area (Å²) in [6.45, 7) is 2.90. The summed E-state index contributed by atoms with van der Waals surface area (Å²) < 4.78 is 7.83. The molecule has 5 heteroatoms. The number of para-hydroxylation sites is 2. The maximum absolute atomic E-state index is 5.67. The number of aromatic nitrogens is 3. The third kappa shape index (κ3) is 3.13. The zero-order valence-corrected chi connectivity index (χ0v) is 15.3. The minimum atomic E-state index is 0.223. The van der Waals surface area contributed by atoms with Gasteiger partial charge in [0, 0.05) is 12.1 Å². The van der Waals surface area contributed by atoms with Crippen LogP contribution in [-0.4, -0.2) is 33.5 Å². The first-order valence-corrected chi connectivity index (χ1v) is 8.73. The van der Waals surface area contributed by atoms with Crippen molar-refractivity contribution in [1.82, 2.24) is 19.4 Å². The summed E-state index contributed by atoms with van der Waals surface area (Å²) in [6.07, 6.45) is 3.63. The largest absolute Gasteiger partial charge is 0.444 e. The molecule has 4 aromatic rings. The standard InChI is InChI=1S/C21H22N4O/c1-15(24(2)3)19-13-26-21(23-19)17-10-8-16(9-11-17)12-25-14-22-18-6-4-5-7-20(18)25/h4-11,13-15H,12H2,1-3H3. The molecule has 26 heavy (non-hydrogen) atoms. The molecule has 1 atom stereocenters. The molecule has 0 saturated carbocycles. The number of fused-ring (bicyclic) bond motifs is 1. The van der Waals surface area contributed by atoms with E-state index in [1.165, 1.54) is 5.56 Å². The van der Waals surface area contributed by atoms with Gasteiger partial charge in [0.1, 0.15) is 6.26 Å². The second kappa shape index (κ2) is 6.77. The van der Waals surface area contributed by atoms with Gasteiger partial charge in [-0.1, -0.05) is 24.3 Å². The fourth-order valence-electron chi connectivity index (χ4n) is 2.96. The van der Waals surface area contributed by atoms with E-state index in [0.717, 1.165) is 28.8 Å². The van der Waals surface area contributed by atoms with Gasteiger partial charge < -0.3 is 13.9 Å². The molecule has 0 fully saturated rings. The molecule has 5 nitrogen and oxygen atoms in total. The van der Waals surface area contributed by atoms with E-state index in [1.54, 1.807) is 6.26 Å². The van der Waals surface area contributed by atoms with Crippen molar-refractivity contribution in [2.75, 3.05) is 14.1 Å². The van der Waals surface area contributed by atoms with Crippen molar-refractivity contribution in [2.24, 2.45) is 0 Å². The zero-order valence-electron chi connectivity index (χ0n) is 15.3. The van der Waals surface area contributed by atoms with Crippen LogP contribution in [0, 0.1) is 0 Å². The molecule has 0 N–H and O–H groups in total. The third-order valence-electron chi connectivity index (χ3n) is 4.81. The molecule has 132 valence electrons. The summed E-state index contributed by atoms with van der Waals surface area (Å²) in [5.41, 5.74) is 5.31. The molecular formula is C21H22N4O. The lowest BCUT2D eigenvalue weighted by Gasteiger charge is -2.16. The number of oxazole rings is 1. The van der Waals surface area contributed by atoms with Gasteiger partial charge in [-0.15, -0.1) is 0 Å². The van der Waals surface area contributed by atoms with E-state index >= 15 is 0 Å². The van der Waals surface area contributed by atoms with Crippen LogP contribution in [0.1, 0.15) is 24.2 Å². The Morgan fingerprint density at radius 1 is 1.08 bits per heavy atom. The van der Waals surface area contributed by atoms with E-state index in [0.29, 0.717) is 5.89 Å². The topological polar surface area (TPSA) is 47.1 Å². The number of rotatable bonds is 5. The van der Waals surface area contributed by atoms with E-state index in [2.05, 4.69) is 56.7 Å². The van der Waals surface area contributed by atoms with Crippen LogP contribution in [-0.2, 0) is 6.54 Å². The van der Waals surface area contributed by atoms with Gasteiger partial charge in [-0.3, -0.25) is 0 Å². The predicted molar refractivity (Wildman–Crippen MR) is 103 cm³/mol. The van der Waals surface area contributed by atoms with Crippen LogP contribution in [0.3, 0.4) is 0 Å². The van der Waals surface area contributed by atoms with Gasteiger partial charge in [-0.2, -0.15) is 0 Å². The molecule has 2 heterocycles. The smallest absolute Gasteiger partial charge is 0.226 e. The average Bonchev–Trinajstić information content (AvgIpc) is 3.30. The highest BCUT2D eigenvalue weighted by atomic mass is 16.3. The van der Waals surface area contributed by atoms with E-state index in [9.17, 15) is 0 Å². The van der Waals surface area contributed by atoms with Gasteiger partial charge in [0.25, 0.3) is 0 Å². The SMILES string of the molecule is CC(c1coc(-c2ccc(Cn3cnc4ccccc43)cc2)n1)N(C)C. The Bertz CT molecular complexity index is 1010. The summed E-state index contributed by atoms with van der Waals surface area (Å²) in [7, 11) is 4.07. The van der Waals surface area contributed by atoms with Gasteiger partial charge in [0.15, 0.2) is 0 Å². The van der Waals surface area contributed by atoms with Gasteiger partial charge in [0.05, 0.1) is 29.1 Å². The van der Waals surface area contributed by atoms with Crippen molar-refractivity contribution in [3.63, 3.8) is 0 Å². The number of benzene rings is 2. The Labute approximate surface area is 152 Å². The molecule has 2 aromatic heterocycles. The molecular weight excluding hydrogens is 324 g/mol. The zero-order chi connectivity index (χ0) is 18.1. The Hall–Kier alpha value is -2.92. The van der Waals surface area contributed by atoms with Crippen LogP contribution in [0.25, 0.3) is 22.5 Å². The monoisotopic (exact) mass is 346 g/mol. The lowest BCUT2D eigenvalue weighted by molar-refractivity contribution is 0.314. The normalized spacial score (nSPS) is 12.8. The van der Waals surface area contributed by atoms with E-state index < -0.39 is 0 Å². The molecule has 0 aliphatic rings. The summed E-state index contributed by atoms with van der Waals surface area (Å²) in [5.74, 6) is 0.660. The number of imidazole rings is 1. The number of hydrogen-bond acceptors (Lipinski definition) is 4. The minimum Gasteiger partial charge on any atom is -0.444 e. The highest BCUT2D eigenvalue weighted by molar-refractivity contribution is 5.75. The quantitative estimate of drug-likeness (QED) is 0.539. The summed E-state index contributed by atoms with van der Waals surface area (Å²) >= 11 is 0. The van der Waals surface area contributed by atoms with Gasteiger partial charge in [-0.05, 0) is 50.8 Å². The first kappa shape index (κ1) is 16.5. The molecule has 4 rings (SSSR count). The first-order chi connectivity index (χ1) is 12.6. The highest BCUT2D eigenvalue weighted by Crippen LogP contribution is 2.24. The van der Waals surface area contributed by atoms with E-state index in [1.807, 2.05) is 38.6 Å². The van der Waals surface area contributed by atoms with Crippen LogP contribution in [0.5, 0.6) is 0 Å². The van der Waals surface area contributed by atoms with Crippen LogP contribution in [0.4, 0.5) is 0 Å². The van der Waals surface area contributed by atoms with Gasteiger partial charge in [-0.25, -0.2) is 9.97 Å². The van der Waals surface area contributed by atoms with Crippen molar-refractivity contribution >= 4 is 11.0 Å². The Morgan fingerprint density at radius 2 is 1.85 bits per heavy atom. The molecule has 0 aliphatic carbocycles. The van der Waals surface area contributed by atoms with Crippen LogP contribution in [0.2, 0.25) is 0 Å². The lowest BCUT2D eigenvalue weighted by Crippen LogP contribution is -2.16. The molecule has 0 bridgehead atoms. The van der Waals surface area contributed by atoms with Gasteiger partial charge >= 0.3 is 0 Å². The second-order valence-corrected chi connectivity index (χ2v) is 6.78. The maximum Gasteiger partial charge on any atom is 0.226 e. The summed E-state index contributed by atoms with van der Waals surface area (Å²) in [6, 6.07) is 16.7. The first-order valence-electron chi connectivity index (χ1n) is 8.73. The lowest BCUT2D eigenvalue weighted by atomic mass is 10.1. The predicted octanol–water partition coefficient (Wildman–Crippen LogP) is 4.36. The second-order valence-electron chi connectivity index (χ2n) is 6.78. The molecule has 0 aliphatic heterocycles. The maximum atomic E-state index is 5.67. The Kier molecular flexibility index (Phi) is 4.31. The van der Waals surface area contributed by atoms with Crippen LogP contribution in [0.15, 0.2) is 65.5 Å². The van der Waals surface area contributed by atoms with Crippen molar-refractivity contribution in [3.05, 3.63) is 72.4 Å². The van der Waals surface area contributed by atoms with Gasteiger partial charge in [0.2, 0.25) is 5.89 Å². The molecule has 0 radical (unpaired) electrons. The van der Waals surface area contributed by atoms with Crippen LogP contribution < -0.4 is 0 Å². The molecule has 0 amide bonds. The molecule has 0 saturated heterocycles. The molecule has 0 spiro atoms. The van der Waals surface area contributed by atoms with Crippen molar-refractivity contribution in [1.29, 1.82) is 0 Å². The van der Waals surface area contributed by atoms with E-state index in [-0.39, 0.29) is 6.04 Å². The van der Waals surface area contributed by atoms with E-state index in [4.69, 9.17) is 4.42 Å². The fourth-order valence-corrected chi connectivity index (χ4v) is 2.96. The number of nitrogens with zero attached hydrogens (tertiary/aromatic N) is 4. The summed E-state index contributed by atoms with van der Waals surface area (Å²) in [4.78, 5) is 11.2. The van der Waals surface area contributed by atoms with Crippen molar-refractivity contribution in [2.45, 2.75) is 19.5 Å². The van der Waals surface area contributed by atoms with Crippen LogP contribution >= 0.6 is 0 Å². The third-order valence-corrected chi connectivity index (χ3v) is 4.81. The molecule has 1 unspecified atom stereocenters. The fraction of sp³-hybridized carbons (Fsp3) is 0.238. The average molecular weight is 346 g/mol. The summed E-state index contributed by atoms with van der Waals surface area (Å²) in [5, 5.41) is 0. The minimum absolute atomic E-state index is 0.223. The Balaban J connectivity index is 1.54.